The lowest BCUT2D eigenvalue weighted by atomic mass is 10.0. The molecule has 0 aromatic carbocycles. The Bertz CT molecular complexity index is 432. The van der Waals surface area contributed by atoms with E-state index in [1.165, 1.54) is 49.3 Å². The van der Waals surface area contributed by atoms with E-state index >= 15 is 0 Å². The minimum Gasteiger partial charge on any atom is -0.331 e. The number of aromatic nitrogens is 2. The maximum Gasteiger partial charge on any atom is 0.111 e. The Labute approximate surface area is 130 Å². The van der Waals surface area contributed by atoms with Crippen LogP contribution < -0.4 is 5.32 Å². The first-order chi connectivity index (χ1) is 10.1. The maximum absolute atomic E-state index is 4.89. The lowest BCUT2D eigenvalue weighted by Gasteiger charge is -2.17. The van der Waals surface area contributed by atoms with Crippen molar-refractivity contribution >= 4 is 0 Å². The molecule has 120 valence electrons. The first kappa shape index (κ1) is 16.5. The molecule has 0 amide bonds. The standard InChI is InChI=1S/C18H33N3/c1-14(2)9-7-5-6-8-12-21-17-10-11-19-13-16(17)20-18(21)15(3)4/h14-15,19H,5-13H2,1-4H3. The largest absolute Gasteiger partial charge is 0.331 e. The van der Waals surface area contributed by atoms with Crippen molar-refractivity contribution in [2.24, 2.45) is 5.92 Å². The van der Waals surface area contributed by atoms with E-state index < -0.39 is 0 Å². The zero-order chi connectivity index (χ0) is 15.2. The number of hydrogen-bond donors (Lipinski definition) is 1. The topological polar surface area (TPSA) is 29.9 Å². The molecular weight excluding hydrogens is 258 g/mol. The van der Waals surface area contributed by atoms with Gasteiger partial charge in [0.25, 0.3) is 0 Å². The van der Waals surface area contributed by atoms with Crippen LogP contribution in [0.3, 0.4) is 0 Å². The quantitative estimate of drug-likeness (QED) is 0.725. The fourth-order valence-electron chi connectivity index (χ4n) is 3.26. The van der Waals surface area contributed by atoms with E-state index in [0.717, 1.165) is 32.0 Å². The fraction of sp³-hybridized carbons (Fsp3) is 0.833. The van der Waals surface area contributed by atoms with Crippen LogP contribution in [-0.2, 0) is 19.5 Å². The SMILES string of the molecule is CC(C)CCCCCCn1c(C(C)C)nc2c1CCNC2. The normalized spacial score (nSPS) is 15.0. The molecule has 2 rings (SSSR count). The van der Waals surface area contributed by atoms with Crippen LogP contribution in [0.25, 0.3) is 0 Å². The van der Waals surface area contributed by atoms with Gasteiger partial charge < -0.3 is 9.88 Å². The Morgan fingerprint density at radius 2 is 1.86 bits per heavy atom. The van der Waals surface area contributed by atoms with Gasteiger partial charge in [0.2, 0.25) is 0 Å². The molecule has 3 heteroatoms. The summed E-state index contributed by atoms with van der Waals surface area (Å²) in [5.41, 5.74) is 2.80. The highest BCUT2D eigenvalue weighted by Crippen LogP contribution is 2.22. The Hall–Kier alpha value is -0.830. The average Bonchev–Trinajstić information content (AvgIpc) is 2.81. The van der Waals surface area contributed by atoms with Crippen LogP contribution in [0.4, 0.5) is 0 Å². The van der Waals surface area contributed by atoms with Crippen molar-refractivity contribution in [3.63, 3.8) is 0 Å². The van der Waals surface area contributed by atoms with Gasteiger partial charge in [-0.25, -0.2) is 4.98 Å². The van der Waals surface area contributed by atoms with E-state index in [1.807, 2.05) is 0 Å². The van der Waals surface area contributed by atoms with Crippen LogP contribution in [0.2, 0.25) is 0 Å². The molecule has 0 unspecified atom stereocenters. The molecule has 0 bridgehead atoms. The molecule has 1 aromatic heterocycles. The molecule has 1 N–H and O–H groups in total. The van der Waals surface area contributed by atoms with Gasteiger partial charge in [-0.15, -0.1) is 0 Å². The summed E-state index contributed by atoms with van der Waals surface area (Å²) >= 11 is 0. The summed E-state index contributed by atoms with van der Waals surface area (Å²) in [4.78, 5) is 4.89. The first-order valence-electron chi connectivity index (χ1n) is 8.88. The number of imidazole rings is 1. The monoisotopic (exact) mass is 291 g/mol. The summed E-state index contributed by atoms with van der Waals surface area (Å²) in [5.74, 6) is 2.67. The van der Waals surface area contributed by atoms with Crippen molar-refractivity contribution in [3.8, 4) is 0 Å². The van der Waals surface area contributed by atoms with Crippen molar-refractivity contribution in [1.82, 2.24) is 14.9 Å². The lowest BCUT2D eigenvalue weighted by Crippen LogP contribution is -2.25. The lowest BCUT2D eigenvalue weighted by molar-refractivity contribution is 0.491. The molecule has 1 aliphatic heterocycles. The summed E-state index contributed by atoms with van der Waals surface area (Å²) in [5, 5.41) is 3.44. The van der Waals surface area contributed by atoms with E-state index in [-0.39, 0.29) is 0 Å². The number of nitrogens with zero attached hydrogens (tertiary/aromatic N) is 2. The fourth-order valence-corrected chi connectivity index (χ4v) is 3.26. The van der Waals surface area contributed by atoms with Crippen LogP contribution >= 0.6 is 0 Å². The maximum atomic E-state index is 4.89. The Kier molecular flexibility index (Phi) is 6.28. The van der Waals surface area contributed by atoms with E-state index in [0.29, 0.717) is 5.92 Å². The van der Waals surface area contributed by atoms with Crippen molar-refractivity contribution in [2.45, 2.75) is 85.2 Å². The number of hydrogen-bond acceptors (Lipinski definition) is 2. The highest BCUT2D eigenvalue weighted by Gasteiger charge is 2.20. The van der Waals surface area contributed by atoms with Gasteiger partial charge in [-0.05, 0) is 12.3 Å². The van der Waals surface area contributed by atoms with E-state index in [1.54, 1.807) is 0 Å². The van der Waals surface area contributed by atoms with Crippen molar-refractivity contribution in [1.29, 1.82) is 0 Å². The molecule has 2 heterocycles. The van der Waals surface area contributed by atoms with Crippen LogP contribution in [0.15, 0.2) is 0 Å². The summed E-state index contributed by atoms with van der Waals surface area (Å²) in [6.45, 7) is 12.4. The predicted octanol–water partition coefficient (Wildman–Crippen LogP) is 4.26. The molecular formula is C18H33N3. The van der Waals surface area contributed by atoms with Crippen molar-refractivity contribution < 1.29 is 0 Å². The Balaban J connectivity index is 1.88. The highest BCUT2D eigenvalue weighted by atomic mass is 15.1. The summed E-state index contributed by atoms with van der Waals surface area (Å²) in [7, 11) is 0. The molecule has 0 spiro atoms. The van der Waals surface area contributed by atoms with E-state index in [4.69, 9.17) is 4.98 Å². The third-order valence-corrected chi connectivity index (χ3v) is 4.45. The molecule has 21 heavy (non-hydrogen) atoms. The minimum atomic E-state index is 0.525. The minimum absolute atomic E-state index is 0.525. The smallest absolute Gasteiger partial charge is 0.111 e. The van der Waals surface area contributed by atoms with Crippen LogP contribution in [0.1, 0.15) is 82.9 Å². The molecule has 0 atom stereocenters. The van der Waals surface area contributed by atoms with Gasteiger partial charge in [0.05, 0.1) is 5.69 Å². The van der Waals surface area contributed by atoms with Crippen LogP contribution in [0.5, 0.6) is 0 Å². The van der Waals surface area contributed by atoms with Crippen LogP contribution in [0, 0.1) is 5.92 Å². The van der Waals surface area contributed by atoms with Gasteiger partial charge >= 0.3 is 0 Å². The van der Waals surface area contributed by atoms with Crippen LogP contribution in [-0.4, -0.2) is 16.1 Å². The van der Waals surface area contributed by atoms with Crippen molar-refractivity contribution in [2.75, 3.05) is 6.54 Å². The van der Waals surface area contributed by atoms with Gasteiger partial charge in [-0.2, -0.15) is 0 Å². The summed E-state index contributed by atoms with van der Waals surface area (Å²) in [6, 6.07) is 0. The predicted molar refractivity (Wildman–Crippen MR) is 89.6 cm³/mol. The summed E-state index contributed by atoms with van der Waals surface area (Å²) in [6.07, 6.45) is 7.95. The molecule has 0 aliphatic carbocycles. The molecule has 3 nitrogen and oxygen atoms in total. The molecule has 0 fully saturated rings. The van der Waals surface area contributed by atoms with Gasteiger partial charge in [0, 0.05) is 37.7 Å². The molecule has 1 aromatic rings. The molecule has 0 saturated heterocycles. The number of nitrogens with one attached hydrogen (secondary N) is 1. The zero-order valence-corrected chi connectivity index (χ0v) is 14.4. The second-order valence-corrected chi connectivity index (χ2v) is 7.19. The summed E-state index contributed by atoms with van der Waals surface area (Å²) < 4.78 is 2.53. The molecule has 0 saturated carbocycles. The van der Waals surface area contributed by atoms with Gasteiger partial charge in [-0.1, -0.05) is 53.4 Å². The van der Waals surface area contributed by atoms with Gasteiger partial charge in [0.1, 0.15) is 5.82 Å². The van der Waals surface area contributed by atoms with Gasteiger partial charge in [-0.3, -0.25) is 0 Å². The Morgan fingerprint density at radius 1 is 1.10 bits per heavy atom. The number of fused-ring (bicyclic) bond motifs is 1. The number of rotatable bonds is 8. The second kappa shape index (κ2) is 7.98. The third kappa shape index (κ3) is 4.57. The number of unbranched alkanes of at least 4 members (excludes halogenated alkanes) is 3. The molecule has 1 aliphatic rings. The molecule has 0 radical (unpaired) electrons. The van der Waals surface area contributed by atoms with E-state index in [9.17, 15) is 0 Å². The van der Waals surface area contributed by atoms with Crippen molar-refractivity contribution in [3.05, 3.63) is 17.2 Å². The second-order valence-electron chi connectivity index (χ2n) is 7.19. The van der Waals surface area contributed by atoms with E-state index in [2.05, 4.69) is 37.6 Å². The third-order valence-electron chi connectivity index (χ3n) is 4.45. The highest BCUT2D eigenvalue weighted by molar-refractivity contribution is 5.21. The zero-order valence-electron chi connectivity index (χ0n) is 14.4. The Morgan fingerprint density at radius 3 is 2.57 bits per heavy atom. The average molecular weight is 291 g/mol. The first-order valence-corrected chi connectivity index (χ1v) is 8.88. The van der Waals surface area contributed by atoms with Gasteiger partial charge in [0.15, 0.2) is 0 Å².